The number of halogens is 2. The average molecular weight is 381 g/mol. The van der Waals surface area contributed by atoms with Crippen molar-refractivity contribution in [1.29, 1.82) is 0 Å². The summed E-state index contributed by atoms with van der Waals surface area (Å²) < 4.78 is 20.1. The minimum absolute atomic E-state index is 0. The molecule has 1 N–H and O–H groups in total. The molecule has 4 rings (SSSR count). The predicted molar refractivity (Wildman–Crippen MR) is 101 cm³/mol. The molecule has 0 bridgehead atoms. The predicted octanol–water partition coefficient (Wildman–Crippen LogP) is 3.11. The van der Waals surface area contributed by atoms with E-state index in [0.29, 0.717) is 6.61 Å². The van der Waals surface area contributed by atoms with Gasteiger partial charge in [-0.25, -0.2) is 9.37 Å². The van der Waals surface area contributed by atoms with Crippen molar-refractivity contribution in [2.45, 2.75) is 6.04 Å². The van der Waals surface area contributed by atoms with Crippen molar-refractivity contribution in [2.75, 3.05) is 31.1 Å². The first-order valence-electron chi connectivity index (χ1n) is 7.86. The van der Waals surface area contributed by atoms with E-state index >= 15 is 0 Å². The maximum absolute atomic E-state index is 13.4. The van der Waals surface area contributed by atoms with Crippen LogP contribution in [-0.4, -0.2) is 42.3 Å². The van der Waals surface area contributed by atoms with E-state index in [9.17, 15) is 4.39 Å². The molecule has 25 heavy (non-hydrogen) atoms. The van der Waals surface area contributed by atoms with E-state index in [1.165, 1.54) is 17.4 Å². The van der Waals surface area contributed by atoms with E-state index in [2.05, 4.69) is 20.2 Å². The molecule has 132 valence electrons. The Labute approximate surface area is 155 Å². The van der Waals surface area contributed by atoms with Crippen LogP contribution in [0.5, 0.6) is 5.75 Å². The molecule has 1 aliphatic heterocycles. The molecule has 1 unspecified atom stereocenters. The van der Waals surface area contributed by atoms with Gasteiger partial charge < -0.3 is 15.0 Å². The van der Waals surface area contributed by atoms with Crippen molar-refractivity contribution in [1.82, 2.24) is 15.3 Å². The lowest BCUT2D eigenvalue weighted by molar-refractivity contribution is 0.266. The number of piperazine rings is 1. The zero-order chi connectivity index (χ0) is 16.4. The number of rotatable bonds is 4. The number of thiazole rings is 1. The molecule has 8 heteroatoms. The molecule has 1 aliphatic rings. The van der Waals surface area contributed by atoms with Crippen LogP contribution in [0.15, 0.2) is 42.7 Å². The molecular formula is C17H18ClFN4OS. The van der Waals surface area contributed by atoms with E-state index in [0.717, 1.165) is 40.7 Å². The largest absolute Gasteiger partial charge is 0.490 e. The Hall–Kier alpha value is -1.96. The van der Waals surface area contributed by atoms with Gasteiger partial charge in [0.05, 0.1) is 22.5 Å². The van der Waals surface area contributed by atoms with Crippen LogP contribution in [0, 0.1) is 5.82 Å². The number of aromatic nitrogens is 2. The Morgan fingerprint density at radius 1 is 1.36 bits per heavy atom. The fourth-order valence-electron chi connectivity index (χ4n) is 2.80. The highest BCUT2D eigenvalue weighted by atomic mass is 35.5. The summed E-state index contributed by atoms with van der Waals surface area (Å²) in [5, 5.41) is 4.31. The molecule has 0 amide bonds. The molecule has 1 aromatic carbocycles. The second-order valence-electron chi connectivity index (χ2n) is 5.66. The zero-order valence-corrected chi connectivity index (χ0v) is 15.0. The van der Waals surface area contributed by atoms with Gasteiger partial charge in [-0.3, -0.25) is 4.98 Å². The highest BCUT2D eigenvalue weighted by Gasteiger charge is 2.25. The Bertz CT molecular complexity index is 832. The smallest absolute Gasteiger partial charge is 0.186 e. The summed E-state index contributed by atoms with van der Waals surface area (Å²) >= 11 is 1.52. The van der Waals surface area contributed by atoms with Gasteiger partial charge in [0.2, 0.25) is 0 Å². The summed E-state index contributed by atoms with van der Waals surface area (Å²) in [5.41, 5.74) is 0.835. The molecule has 0 radical (unpaired) electrons. The Balaban J connectivity index is 0.00000182. The van der Waals surface area contributed by atoms with E-state index < -0.39 is 0 Å². The second kappa shape index (κ2) is 7.95. The number of ether oxygens (including phenoxy) is 1. The molecule has 5 nitrogen and oxygen atoms in total. The standard InChI is InChI=1S/C17H17FN4OS.ClH/c18-12-3-4-15-16(8-12)24-17(21-15)22-7-6-20-9-13(22)11-23-14-2-1-5-19-10-14;/h1-5,8,10,13,20H,6-7,9,11H2;1H. The normalized spacial score (nSPS) is 17.3. The van der Waals surface area contributed by atoms with Crippen molar-refractivity contribution in [3.63, 3.8) is 0 Å². The molecule has 1 saturated heterocycles. The fourth-order valence-corrected chi connectivity index (χ4v) is 3.88. The van der Waals surface area contributed by atoms with Gasteiger partial charge in [-0.2, -0.15) is 0 Å². The summed E-state index contributed by atoms with van der Waals surface area (Å²) in [5.74, 6) is 0.531. The van der Waals surface area contributed by atoms with Gasteiger partial charge >= 0.3 is 0 Å². The minimum Gasteiger partial charge on any atom is -0.490 e. The molecule has 3 aromatic rings. The first-order chi connectivity index (χ1) is 11.8. The monoisotopic (exact) mass is 380 g/mol. The molecule has 0 saturated carbocycles. The summed E-state index contributed by atoms with van der Waals surface area (Å²) in [6.45, 7) is 3.12. The summed E-state index contributed by atoms with van der Waals surface area (Å²) in [4.78, 5) is 11.0. The second-order valence-corrected chi connectivity index (χ2v) is 6.67. The van der Waals surface area contributed by atoms with Crippen LogP contribution < -0.4 is 15.0 Å². The van der Waals surface area contributed by atoms with Crippen LogP contribution in [0.2, 0.25) is 0 Å². The van der Waals surface area contributed by atoms with Gasteiger partial charge in [0, 0.05) is 25.8 Å². The van der Waals surface area contributed by atoms with Gasteiger partial charge in [-0.05, 0) is 30.3 Å². The number of hydrogen-bond acceptors (Lipinski definition) is 6. The lowest BCUT2D eigenvalue weighted by atomic mass is 10.2. The summed E-state index contributed by atoms with van der Waals surface area (Å²) in [6, 6.07) is 8.65. The quantitative estimate of drug-likeness (QED) is 0.753. The molecule has 3 heterocycles. The Kier molecular flexibility index (Phi) is 5.67. The number of benzene rings is 1. The third-order valence-corrected chi connectivity index (χ3v) is 5.07. The Morgan fingerprint density at radius 2 is 2.28 bits per heavy atom. The van der Waals surface area contributed by atoms with Crippen molar-refractivity contribution in [2.24, 2.45) is 0 Å². The molecule has 1 atom stereocenters. The maximum Gasteiger partial charge on any atom is 0.186 e. The number of fused-ring (bicyclic) bond motifs is 1. The fraction of sp³-hybridized carbons (Fsp3) is 0.294. The van der Waals surface area contributed by atoms with Crippen LogP contribution in [0.4, 0.5) is 9.52 Å². The van der Waals surface area contributed by atoms with Crippen LogP contribution in [0.1, 0.15) is 0 Å². The molecule has 2 aromatic heterocycles. The van der Waals surface area contributed by atoms with Gasteiger partial charge in [-0.1, -0.05) is 11.3 Å². The van der Waals surface area contributed by atoms with Crippen LogP contribution in [-0.2, 0) is 0 Å². The minimum atomic E-state index is -0.227. The van der Waals surface area contributed by atoms with Gasteiger partial charge in [0.1, 0.15) is 18.2 Å². The van der Waals surface area contributed by atoms with E-state index in [-0.39, 0.29) is 24.3 Å². The molecule has 0 aliphatic carbocycles. The van der Waals surface area contributed by atoms with Gasteiger partial charge in [-0.15, -0.1) is 12.4 Å². The highest BCUT2D eigenvalue weighted by molar-refractivity contribution is 7.22. The van der Waals surface area contributed by atoms with Crippen LogP contribution in [0.3, 0.4) is 0 Å². The van der Waals surface area contributed by atoms with Crippen LogP contribution >= 0.6 is 23.7 Å². The number of nitrogens with one attached hydrogen (secondary N) is 1. The number of hydrogen-bond donors (Lipinski definition) is 1. The van der Waals surface area contributed by atoms with Gasteiger partial charge in [0.25, 0.3) is 0 Å². The first-order valence-corrected chi connectivity index (χ1v) is 8.67. The molecular weight excluding hydrogens is 363 g/mol. The third-order valence-electron chi connectivity index (χ3n) is 4.01. The van der Waals surface area contributed by atoms with Crippen molar-refractivity contribution < 1.29 is 9.13 Å². The van der Waals surface area contributed by atoms with E-state index in [1.807, 2.05) is 12.1 Å². The van der Waals surface area contributed by atoms with Gasteiger partial charge in [0.15, 0.2) is 5.13 Å². The van der Waals surface area contributed by atoms with E-state index in [1.54, 1.807) is 24.5 Å². The third kappa shape index (κ3) is 4.00. The lowest BCUT2D eigenvalue weighted by Gasteiger charge is -2.35. The van der Waals surface area contributed by atoms with Crippen molar-refractivity contribution in [3.8, 4) is 5.75 Å². The average Bonchev–Trinajstić information content (AvgIpc) is 3.04. The number of anilines is 1. The zero-order valence-electron chi connectivity index (χ0n) is 13.4. The summed E-state index contributed by atoms with van der Waals surface area (Å²) in [6.07, 6.45) is 3.43. The van der Waals surface area contributed by atoms with Crippen LogP contribution in [0.25, 0.3) is 10.2 Å². The number of nitrogens with zero attached hydrogens (tertiary/aromatic N) is 3. The SMILES string of the molecule is Cl.Fc1ccc2nc(N3CCNCC3COc3cccnc3)sc2c1. The van der Waals surface area contributed by atoms with Crippen molar-refractivity contribution in [3.05, 3.63) is 48.5 Å². The van der Waals surface area contributed by atoms with Crippen molar-refractivity contribution >= 4 is 39.1 Å². The lowest BCUT2D eigenvalue weighted by Crippen LogP contribution is -2.54. The number of pyridine rings is 1. The summed E-state index contributed by atoms with van der Waals surface area (Å²) in [7, 11) is 0. The first kappa shape index (κ1) is 17.8. The highest BCUT2D eigenvalue weighted by Crippen LogP contribution is 2.31. The molecule has 0 spiro atoms. The topological polar surface area (TPSA) is 50.3 Å². The van der Waals surface area contributed by atoms with E-state index in [4.69, 9.17) is 4.74 Å². The molecule has 1 fully saturated rings. The Morgan fingerprint density at radius 3 is 3.12 bits per heavy atom. The maximum atomic E-state index is 13.4.